The fraction of sp³-hybridized carbons (Fsp3) is 0.200. The Kier molecular flexibility index (Phi) is 5.24. The SMILES string of the molecule is O=C(OCCOCn1c(Cl)nc2cnc(Cl)nc21)c1ccccc1. The normalized spacial score (nSPS) is 10.9. The van der Waals surface area contributed by atoms with Crippen LogP contribution in [0, 0.1) is 0 Å². The van der Waals surface area contributed by atoms with E-state index in [0.29, 0.717) is 16.7 Å². The quantitative estimate of drug-likeness (QED) is 0.289. The summed E-state index contributed by atoms with van der Waals surface area (Å²) in [6.45, 7) is 0.423. The van der Waals surface area contributed by atoms with Gasteiger partial charge in [0.05, 0.1) is 18.4 Å². The second-order valence-electron chi connectivity index (χ2n) is 4.70. The molecule has 0 saturated heterocycles. The van der Waals surface area contributed by atoms with Gasteiger partial charge in [0, 0.05) is 0 Å². The molecule has 0 amide bonds. The number of benzene rings is 1. The van der Waals surface area contributed by atoms with Gasteiger partial charge in [-0.05, 0) is 35.3 Å². The number of imidazole rings is 1. The molecule has 7 nitrogen and oxygen atoms in total. The molecule has 0 aliphatic heterocycles. The first-order valence-corrected chi connectivity index (χ1v) is 7.75. The Hall–Kier alpha value is -2.22. The minimum Gasteiger partial charge on any atom is -0.460 e. The van der Waals surface area contributed by atoms with E-state index < -0.39 is 5.97 Å². The van der Waals surface area contributed by atoms with Crippen molar-refractivity contribution in [2.75, 3.05) is 13.2 Å². The highest BCUT2D eigenvalue weighted by molar-refractivity contribution is 6.29. The molecule has 0 aliphatic rings. The van der Waals surface area contributed by atoms with Gasteiger partial charge in [-0.1, -0.05) is 18.2 Å². The van der Waals surface area contributed by atoms with Crippen LogP contribution in [0.1, 0.15) is 10.4 Å². The number of ether oxygens (including phenoxy) is 2. The lowest BCUT2D eigenvalue weighted by Crippen LogP contribution is -2.12. The lowest BCUT2D eigenvalue weighted by molar-refractivity contribution is 0.0181. The second kappa shape index (κ2) is 7.57. The van der Waals surface area contributed by atoms with Gasteiger partial charge in [-0.3, -0.25) is 4.57 Å². The fourth-order valence-electron chi connectivity index (χ4n) is 1.99. The molecule has 0 radical (unpaired) electrons. The Bertz CT molecular complexity index is 855. The Morgan fingerprint density at radius 3 is 2.71 bits per heavy atom. The predicted molar refractivity (Wildman–Crippen MR) is 88.0 cm³/mol. The third-order valence-electron chi connectivity index (χ3n) is 3.10. The summed E-state index contributed by atoms with van der Waals surface area (Å²) in [6, 6.07) is 8.74. The highest BCUT2D eigenvalue weighted by atomic mass is 35.5. The van der Waals surface area contributed by atoms with Gasteiger partial charge in [0.1, 0.15) is 18.9 Å². The average molecular weight is 367 g/mol. The molecule has 0 spiro atoms. The maximum Gasteiger partial charge on any atom is 0.338 e. The highest BCUT2D eigenvalue weighted by Gasteiger charge is 2.11. The highest BCUT2D eigenvalue weighted by Crippen LogP contribution is 2.18. The van der Waals surface area contributed by atoms with Crippen LogP contribution in [0.2, 0.25) is 10.6 Å². The molecular weight excluding hydrogens is 355 g/mol. The van der Waals surface area contributed by atoms with Crippen LogP contribution >= 0.6 is 23.2 Å². The third kappa shape index (κ3) is 3.81. The van der Waals surface area contributed by atoms with Gasteiger partial charge in [0.2, 0.25) is 10.6 Å². The van der Waals surface area contributed by atoms with E-state index in [0.717, 1.165) is 0 Å². The van der Waals surface area contributed by atoms with Crippen LogP contribution in [0.15, 0.2) is 36.5 Å². The largest absolute Gasteiger partial charge is 0.460 e. The molecule has 24 heavy (non-hydrogen) atoms. The Morgan fingerprint density at radius 1 is 1.12 bits per heavy atom. The molecule has 124 valence electrons. The number of fused-ring (bicyclic) bond motifs is 1. The van der Waals surface area contributed by atoms with Gasteiger partial charge in [-0.15, -0.1) is 0 Å². The van der Waals surface area contributed by atoms with Crippen molar-refractivity contribution in [3.05, 3.63) is 52.7 Å². The van der Waals surface area contributed by atoms with Crippen LogP contribution in [-0.4, -0.2) is 38.7 Å². The maximum absolute atomic E-state index is 11.8. The lowest BCUT2D eigenvalue weighted by atomic mass is 10.2. The molecule has 3 aromatic rings. The molecule has 0 unspecified atom stereocenters. The molecule has 1 aromatic carbocycles. The molecule has 0 bridgehead atoms. The summed E-state index contributed by atoms with van der Waals surface area (Å²) in [5, 5.41) is 0.306. The van der Waals surface area contributed by atoms with Crippen molar-refractivity contribution in [1.29, 1.82) is 0 Å². The van der Waals surface area contributed by atoms with Crippen molar-refractivity contribution >= 4 is 40.3 Å². The molecule has 0 N–H and O–H groups in total. The van der Waals surface area contributed by atoms with Crippen molar-refractivity contribution < 1.29 is 14.3 Å². The molecule has 0 fully saturated rings. The first kappa shape index (κ1) is 16.6. The van der Waals surface area contributed by atoms with E-state index in [2.05, 4.69) is 15.0 Å². The molecule has 0 aliphatic carbocycles. The van der Waals surface area contributed by atoms with Gasteiger partial charge < -0.3 is 9.47 Å². The van der Waals surface area contributed by atoms with Crippen LogP contribution < -0.4 is 0 Å². The minimum atomic E-state index is -0.398. The molecule has 2 heterocycles. The predicted octanol–water partition coefficient (Wildman–Crippen LogP) is 2.96. The van der Waals surface area contributed by atoms with Crippen molar-refractivity contribution in [2.24, 2.45) is 0 Å². The molecule has 2 aromatic heterocycles. The summed E-state index contributed by atoms with van der Waals surface area (Å²) >= 11 is 11.8. The summed E-state index contributed by atoms with van der Waals surface area (Å²) in [5.41, 5.74) is 1.48. The van der Waals surface area contributed by atoms with Crippen LogP contribution in [0.4, 0.5) is 0 Å². The molecule has 3 rings (SSSR count). The van der Waals surface area contributed by atoms with Gasteiger partial charge in [0.15, 0.2) is 5.65 Å². The van der Waals surface area contributed by atoms with Crippen LogP contribution in [-0.2, 0) is 16.2 Å². The summed E-state index contributed by atoms with van der Waals surface area (Å²) < 4.78 is 12.1. The molecule has 0 atom stereocenters. The van der Waals surface area contributed by atoms with Crippen molar-refractivity contribution in [1.82, 2.24) is 19.5 Å². The standard InChI is InChI=1S/C15H12Cl2N4O3/c16-14-18-8-11-12(20-14)21(15(17)19-11)9-23-6-7-24-13(22)10-4-2-1-3-5-10/h1-5,8H,6-7,9H2. The average Bonchev–Trinajstić information content (AvgIpc) is 2.90. The van der Waals surface area contributed by atoms with Crippen molar-refractivity contribution in [3.63, 3.8) is 0 Å². The van der Waals surface area contributed by atoms with Gasteiger partial charge >= 0.3 is 5.97 Å². The molecule has 0 saturated carbocycles. The van der Waals surface area contributed by atoms with E-state index in [1.54, 1.807) is 28.8 Å². The summed E-state index contributed by atoms with van der Waals surface area (Å²) in [4.78, 5) is 23.8. The number of hydrogen-bond donors (Lipinski definition) is 0. The van der Waals surface area contributed by atoms with Gasteiger partial charge in [-0.2, -0.15) is 4.98 Å². The van der Waals surface area contributed by atoms with Gasteiger partial charge in [0.25, 0.3) is 0 Å². The first-order valence-electron chi connectivity index (χ1n) is 6.99. The maximum atomic E-state index is 11.8. The molecular formula is C15H12Cl2N4O3. The van der Waals surface area contributed by atoms with Crippen molar-refractivity contribution in [2.45, 2.75) is 6.73 Å². The number of hydrogen-bond acceptors (Lipinski definition) is 6. The van der Waals surface area contributed by atoms with E-state index in [9.17, 15) is 4.79 Å². The minimum absolute atomic E-state index is 0.0945. The second-order valence-corrected chi connectivity index (χ2v) is 5.37. The van der Waals surface area contributed by atoms with E-state index in [-0.39, 0.29) is 30.5 Å². The Labute approximate surface area is 147 Å². The van der Waals surface area contributed by atoms with E-state index in [4.69, 9.17) is 32.7 Å². The Morgan fingerprint density at radius 2 is 1.92 bits per heavy atom. The van der Waals surface area contributed by atoms with E-state index in [1.807, 2.05) is 6.07 Å². The first-order chi connectivity index (χ1) is 11.6. The number of aromatic nitrogens is 4. The smallest absolute Gasteiger partial charge is 0.338 e. The zero-order valence-corrected chi connectivity index (χ0v) is 13.9. The summed E-state index contributed by atoms with van der Waals surface area (Å²) in [7, 11) is 0. The number of carbonyl (C=O) groups is 1. The van der Waals surface area contributed by atoms with E-state index in [1.165, 1.54) is 6.20 Å². The number of carbonyl (C=O) groups excluding carboxylic acids is 1. The number of halogens is 2. The fourth-order valence-corrected chi connectivity index (χ4v) is 2.34. The van der Waals surface area contributed by atoms with Crippen molar-refractivity contribution in [3.8, 4) is 0 Å². The lowest BCUT2D eigenvalue weighted by Gasteiger charge is -2.08. The third-order valence-corrected chi connectivity index (χ3v) is 3.57. The van der Waals surface area contributed by atoms with Crippen LogP contribution in [0.25, 0.3) is 11.2 Å². The van der Waals surface area contributed by atoms with Crippen LogP contribution in [0.5, 0.6) is 0 Å². The summed E-state index contributed by atoms with van der Waals surface area (Å²) in [5.74, 6) is -0.398. The number of esters is 1. The number of rotatable bonds is 6. The van der Waals surface area contributed by atoms with Gasteiger partial charge in [-0.25, -0.2) is 14.8 Å². The molecule has 9 heteroatoms. The zero-order valence-electron chi connectivity index (χ0n) is 12.4. The van der Waals surface area contributed by atoms with Crippen LogP contribution in [0.3, 0.4) is 0 Å². The topological polar surface area (TPSA) is 79.1 Å². The van der Waals surface area contributed by atoms with E-state index >= 15 is 0 Å². The zero-order chi connectivity index (χ0) is 16.9. The Balaban J connectivity index is 1.51. The number of nitrogens with zero attached hydrogens (tertiary/aromatic N) is 4. The summed E-state index contributed by atoms with van der Waals surface area (Å²) in [6.07, 6.45) is 1.48. The monoisotopic (exact) mass is 366 g/mol.